The maximum absolute atomic E-state index is 13.2. The first-order valence-corrected chi connectivity index (χ1v) is 10.6. The van der Waals surface area contributed by atoms with E-state index in [2.05, 4.69) is 0 Å². The number of methoxy groups -OCH3 is 3. The van der Waals surface area contributed by atoms with Crippen molar-refractivity contribution < 1.29 is 43.4 Å². The van der Waals surface area contributed by atoms with Crippen molar-refractivity contribution in [3.05, 3.63) is 52.2 Å². The van der Waals surface area contributed by atoms with Crippen LogP contribution in [0.4, 0.5) is 0 Å². The second-order valence-corrected chi connectivity index (χ2v) is 7.84. The van der Waals surface area contributed by atoms with Gasteiger partial charge >= 0.3 is 0 Å². The highest BCUT2D eigenvalue weighted by Gasteiger charge is 2.39. The summed E-state index contributed by atoms with van der Waals surface area (Å²) in [4.78, 5) is 13.2. The molecule has 0 spiro atoms. The third-order valence-corrected chi connectivity index (χ3v) is 5.93. The van der Waals surface area contributed by atoms with Crippen LogP contribution in [-0.4, -0.2) is 49.4 Å². The van der Waals surface area contributed by atoms with E-state index in [9.17, 15) is 20.1 Å². The Morgan fingerprint density at radius 2 is 1.63 bits per heavy atom. The third kappa shape index (κ3) is 3.41. The summed E-state index contributed by atoms with van der Waals surface area (Å²) < 4.78 is 34.4. The molecule has 0 saturated heterocycles. The number of aromatic hydroxyl groups is 2. The van der Waals surface area contributed by atoms with E-state index in [1.807, 2.05) is 0 Å². The van der Waals surface area contributed by atoms with Crippen LogP contribution in [0.2, 0.25) is 0 Å². The quantitative estimate of drug-likeness (QED) is 0.364. The zero-order valence-corrected chi connectivity index (χ0v) is 19.0. The van der Waals surface area contributed by atoms with E-state index in [1.165, 1.54) is 45.6 Å². The molecule has 3 aromatic carbocycles. The molecule has 0 amide bonds. The van der Waals surface area contributed by atoms with Crippen LogP contribution in [0.3, 0.4) is 0 Å². The summed E-state index contributed by atoms with van der Waals surface area (Å²) in [5.41, 5.74) is 0.143. The van der Waals surface area contributed by atoms with Crippen LogP contribution in [0.5, 0.6) is 40.2 Å². The first-order valence-electron chi connectivity index (χ1n) is 10.6. The second kappa shape index (κ2) is 8.48. The Morgan fingerprint density at radius 1 is 0.886 bits per heavy atom. The summed E-state index contributed by atoms with van der Waals surface area (Å²) in [7, 11) is 4.26. The van der Waals surface area contributed by atoms with Gasteiger partial charge in [-0.05, 0) is 24.3 Å². The summed E-state index contributed by atoms with van der Waals surface area (Å²) in [6.07, 6.45) is -1.90. The van der Waals surface area contributed by atoms with Crippen molar-refractivity contribution in [2.45, 2.75) is 12.2 Å². The van der Waals surface area contributed by atoms with Gasteiger partial charge in [-0.1, -0.05) is 6.07 Å². The lowest BCUT2D eigenvalue weighted by molar-refractivity contribution is -0.0143. The molecule has 3 N–H and O–H groups in total. The lowest BCUT2D eigenvalue weighted by Gasteiger charge is -2.34. The summed E-state index contributed by atoms with van der Waals surface area (Å²) in [5, 5.41) is 30.8. The molecule has 0 radical (unpaired) electrons. The van der Waals surface area contributed by atoms with Crippen LogP contribution >= 0.6 is 0 Å². The number of phenolic OH excluding ortho intramolecular Hbond substituents is 2. The number of aliphatic hydroxyl groups is 1. The van der Waals surface area contributed by atoms with E-state index in [4.69, 9.17) is 28.1 Å². The molecule has 35 heavy (non-hydrogen) atoms. The molecule has 0 saturated carbocycles. The Morgan fingerprint density at radius 3 is 2.31 bits per heavy atom. The van der Waals surface area contributed by atoms with Gasteiger partial charge in [0.25, 0.3) is 0 Å². The van der Waals surface area contributed by atoms with Crippen LogP contribution < -0.4 is 29.1 Å². The Balaban J connectivity index is 1.74. The van der Waals surface area contributed by atoms with Crippen LogP contribution in [0.1, 0.15) is 11.7 Å². The molecule has 0 bridgehead atoms. The molecule has 10 heteroatoms. The van der Waals surface area contributed by atoms with Crippen molar-refractivity contribution in [2.75, 3.05) is 27.9 Å². The van der Waals surface area contributed by atoms with Crippen molar-refractivity contribution in [2.24, 2.45) is 0 Å². The number of phenols is 2. The van der Waals surface area contributed by atoms with E-state index >= 15 is 0 Å². The predicted molar refractivity (Wildman–Crippen MR) is 124 cm³/mol. The second-order valence-electron chi connectivity index (χ2n) is 7.84. The van der Waals surface area contributed by atoms with Crippen LogP contribution in [0.15, 0.2) is 45.6 Å². The Bertz CT molecular complexity index is 1510. The van der Waals surface area contributed by atoms with Crippen LogP contribution in [-0.2, 0) is 0 Å². The first kappa shape index (κ1) is 22.5. The van der Waals surface area contributed by atoms with E-state index < -0.39 is 24.2 Å². The van der Waals surface area contributed by atoms with Gasteiger partial charge in [-0.3, -0.25) is 4.79 Å². The van der Waals surface area contributed by atoms with E-state index in [0.717, 1.165) is 0 Å². The average Bonchev–Trinajstić information content (AvgIpc) is 2.87. The number of rotatable bonds is 5. The molecular weight excluding hydrogens is 460 g/mol. The fourth-order valence-electron chi connectivity index (χ4n) is 4.26. The average molecular weight is 482 g/mol. The SMILES string of the molecule is COc1cc(OC)c([C@@H]2Oc3c(OC)cc4c(=O)c5c(O)cccc5oc4c3O[C@H]2CO)cc1O. The van der Waals surface area contributed by atoms with Gasteiger partial charge in [0, 0.05) is 11.6 Å². The molecule has 1 aliphatic rings. The highest BCUT2D eigenvalue weighted by molar-refractivity contribution is 5.97. The van der Waals surface area contributed by atoms with Crippen molar-refractivity contribution in [1.29, 1.82) is 0 Å². The number of aliphatic hydroxyl groups excluding tert-OH is 1. The summed E-state index contributed by atoms with van der Waals surface area (Å²) in [6, 6.07) is 8.83. The van der Waals surface area contributed by atoms with Crippen LogP contribution in [0, 0.1) is 0 Å². The number of hydrogen-bond acceptors (Lipinski definition) is 10. The lowest BCUT2D eigenvalue weighted by Crippen LogP contribution is -2.36. The molecule has 182 valence electrons. The van der Waals surface area contributed by atoms with Gasteiger partial charge in [-0.2, -0.15) is 0 Å². The van der Waals surface area contributed by atoms with Gasteiger partial charge < -0.3 is 43.4 Å². The number of benzene rings is 3. The molecule has 0 aliphatic carbocycles. The van der Waals surface area contributed by atoms with Gasteiger partial charge in [0.05, 0.1) is 33.3 Å². The van der Waals surface area contributed by atoms with Crippen molar-refractivity contribution in [3.63, 3.8) is 0 Å². The number of hydrogen-bond donors (Lipinski definition) is 3. The summed E-state index contributed by atoms with van der Waals surface area (Å²) in [5.74, 6) is 0.534. The molecule has 0 fully saturated rings. The monoisotopic (exact) mass is 482 g/mol. The van der Waals surface area contributed by atoms with Crippen LogP contribution in [0.25, 0.3) is 21.9 Å². The molecule has 4 aromatic rings. The fourth-order valence-corrected chi connectivity index (χ4v) is 4.26. The van der Waals surface area contributed by atoms with Gasteiger partial charge in [0.1, 0.15) is 22.5 Å². The molecular formula is C25H22O10. The summed E-state index contributed by atoms with van der Waals surface area (Å²) >= 11 is 0. The Kier molecular flexibility index (Phi) is 5.45. The first-order chi connectivity index (χ1) is 16.9. The van der Waals surface area contributed by atoms with E-state index in [-0.39, 0.29) is 56.4 Å². The largest absolute Gasteiger partial charge is 0.507 e. The maximum atomic E-state index is 13.2. The third-order valence-electron chi connectivity index (χ3n) is 5.93. The number of fused-ring (bicyclic) bond motifs is 4. The normalized spacial score (nSPS) is 16.9. The maximum Gasteiger partial charge on any atom is 0.209 e. The molecule has 2 atom stereocenters. The minimum atomic E-state index is -0.968. The Labute approximate surface area is 198 Å². The van der Waals surface area contributed by atoms with E-state index in [1.54, 1.807) is 12.1 Å². The standard InChI is InChI=1S/C25H22O10/c1-30-16-9-17(31-2)14(28)7-11(16)22-19(10-26)34-25-23-12(8-18(32-3)24(25)35-22)21(29)20-13(27)5-4-6-15(20)33-23/h4-9,19,22,26-28H,10H2,1-3H3/t19-,22-/m0/s1. The molecule has 1 aliphatic heterocycles. The topological polar surface area (TPSA) is 137 Å². The van der Waals surface area contributed by atoms with Gasteiger partial charge in [-0.15, -0.1) is 0 Å². The molecule has 5 rings (SSSR count). The predicted octanol–water partition coefficient (Wildman–Crippen LogP) is 3.26. The minimum absolute atomic E-state index is 0.0220. The van der Waals surface area contributed by atoms with Gasteiger partial charge in [-0.25, -0.2) is 0 Å². The summed E-state index contributed by atoms with van der Waals surface area (Å²) in [6.45, 7) is -0.475. The van der Waals surface area contributed by atoms with Crippen molar-refractivity contribution >= 4 is 21.9 Å². The van der Waals surface area contributed by atoms with Crippen molar-refractivity contribution in [3.8, 4) is 40.2 Å². The minimum Gasteiger partial charge on any atom is -0.507 e. The van der Waals surface area contributed by atoms with Crippen molar-refractivity contribution in [1.82, 2.24) is 0 Å². The molecule has 1 aromatic heterocycles. The smallest absolute Gasteiger partial charge is 0.209 e. The zero-order chi connectivity index (χ0) is 24.9. The Hall–Kier alpha value is -4.31. The van der Waals surface area contributed by atoms with E-state index in [0.29, 0.717) is 11.3 Å². The molecule has 0 unspecified atom stereocenters. The fraction of sp³-hybridized carbons (Fsp3) is 0.240. The highest BCUT2D eigenvalue weighted by Crippen LogP contribution is 2.51. The highest BCUT2D eigenvalue weighted by atomic mass is 16.6. The number of ether oxygens (including phenoxy) is 5. The zero-order valence-electron chi connectivity index (χ0n) is 19.0. The molecule has 10 nitrogen and oxygen atoms in total. The molecule has 2 heterocycles. The van der Waals surface area contributed by atoms with Gasteiger partial charge in [0.2, 0.25) is 16.9 Å². The van der Waals surface area contributed by atoms with Gasteiger partial charge in [0.15, 0.2) is 35.0 Å². The lowest BCUT2D eigenvalue weighted by atomic mass is 10.0.